The topological polar surface area (TPSA) is 96.1 Å². The number of nitrogens with zero attached hydrogens (tertiary/aromatic N) is 4. The van der Waals surface area contributed by atoms with Crippen LogP contribution >= 0.6 is 0 Å². The lowest BCUT2D eigenvalue weighted by atomic mass is 10.3. The lowest BCUT2D eigenvalue weighted by Crippen LogP contribution is -2.29. The first-order valence-electron chi connectivity index (χ1n) is 5.43. The fourth-order valence-corrected chi connectivity index (χ4v) is 2.03. The van der Waals surface area contributed by atoms with Crippen molar-refractivity contribution in [2.75, 3.05) is 12.9 Å². The Hall–Kier alpha value is -2.16. The van der Waals surface area contributed by atoms with Crippen LogP contribution in [0.2, 0.25) is 0 Å². The Kier molecular flexibility index (Phi) is 3.38. The highest BCUT2D eigenvalue weighted by Gasteiger charge is 2.18. The molecule has 0 aliphatic rings. The van der Waals surface area contributed by atoms with E-state index in [0.717, 1.165) is 10.9 Å². The highest BCUT2D eigenvalue weighted by Crippen LogP contribution is 2.19. The lowest BCUT2D eigenvalue weighted by Gasteiger charge is -2.07. The van der Waals surface area contributed by atoms with Crippen molar-refractivity contribution in [1.29, 1.82) is 0 Å². The summed E-state index contributed by atoms with van der Waals surface area (Å²) in [4.78, 5) is 11.9. The SMILES string of the molecule is CCOc1ccccc1-n1nnn(S(C)(=O)=O)c1=O. The van der Waals surface area contributed by atoms with E-state index in [2.05, 4.69) is 10.4 Å². The molecule has 0 fully saturated rings. The minimum absolute atomic E-state index is 0.329. The molecule has 0 saturated heterocycles. The van der Waals surface area contributed by atoms with E-state index in [9.17, 15) is 13.2 Å². The average Bonchev–Trinajstić information content (AvgIpc) is 2.72. The maximum Gasteiger partial charge on any atom is 0.383 e. The second-order valence-corrected chi connectivity index (χ2v) is 5.49. The maximum absolute atomic E-state index is 11.9. The Labute approximate surface area is 109 Å². The molecule has 0 radical (unpaired) electrons. The largest absolute Gasteiger partial charge is 0.492 e. The van der Waals surface area contributed by atoms with Crippen LogP contribution in [0.3, 0.4) is 0 Å². The Bertz CT molecular complexity index is 747. The van der Waals surface area contributed by atoms with E-state index in [1.165, 1.54) is 0 Å². The molecule has 0 spiro atoms. The third-order valence-corrected chi connectivity index (χ3v) is 3.12. The van der Waals surface area contributed by atoms with Gasteiger partial charge >= 0.3 is 5.69 Å². The van der Waals surface area contributed by atoms with Crippen molar-refractivity contribution < 1.29 is 13.2 Å². The van der Waals surface area contributed by atoms with Gasteiger partial charge in [0.05, 0.1) is 12.9 Å². The van der Waals surface area contributed by atoms with Crippen LogP contribution in [0, 0.1) is 0 Å². The number of ether oxygens (including phenoxy) is 1. The number of para-hydroxylation sites is 2. The van der Waals surface area contributed by atoms with Crippen LogP contribution in [0.1, 0.15) is 6.92 Å². The number of benzene rings is 1. The van der Waals surface area contributed by atoms with E-state index in [4.69, 9.17) is 4.74 Å². The molecule has 19 heavy (non-hydrogen) atoms. The Morgan fingerprint density at radius 2 is 1.95 bits per heavy atom. The standard InChI is InChI=1S/C10H12N4O4S/c1-3-18-9-7-5-4-6-8(9)13-10(15)14(12-11-13)19(2,16)17/h4-7H,3H2,1-2H3. The average molecular weight is 284 g/mol. The fraction of sp³-hybridized carbons (Fsp3) is 0.300. The van der Waals surface area contributed by atoms with Gasteiger partial charge in [0, 0.05) is 0 Å². The molecule has 1 heterocycles. The van der Waals surface area contributed by atoms with Crippen molar-refractivity contribution in [3.63, 3.8) is 0 Å². The minimum Gasteiger partial charge on any atom is -0.492 e. The molecule has 8 nitrogen and oxygen atoms in total. The smallest absolute Gasteiger partial charge is 0.383 e. The van der Waals surface area contributed by atoms with Gasteiger partial charge in [0.2, 0.25) is 0 Å². The highest BCUT2D eigenvalue weighted by molar-refractivity contribution is 7.89. The van der Waals surface area contributed by atoms with Crippen LogP contribution in [0.25, 0.3) is 5.69 Å². The molecule has 102 valence electrons. The van der Waals surface area contributed by atoms with Gasteiger partial charge in [-0.2, -0.15) is 4.68 Å². The fourth-order valence-electron chi connectivity index (χ4n) is 1.50. The Balaban J connectivity index is 2.62. The van der Waals surface area contributed by atoms with Gasteiger partial charge < -0.3 is 4.74 Å². The molecule has 0 amide bonds. The van der Waals surface area contributed by atoms with Crippen LogP contribution in [0.5, 0.6) is 5.75 Å². The van der Waals surface area contributed by atoms with E-state index in [-0.39, 0.29) is 0 Å². The molecule has 2 aromatic rings. The van der Waals surface area contributed by atoms with Gasteiger partial charge in [-0.3, -0.25) is 0 Å². The quantitative estimate of drug-likeness (QED) is 0.760. The van der Waals surface area contributed by atoms with Gasteiger partial charge in [-0.25, -0.2) is 13.2 Å². The van der Waals surface area contributed by atoms with Gasteiger partial charge in [-0.15, -0.1) is 0 Å². The van der Waals surface area contributed by atoms with Gasteiger partial charge in [0.25, 0.3) is 10.0 Å². The number of hydrogen-bond donors (Lipinski definition) is 0. The van der Waals surface area contributed by atoms with Crippen molar-refractivity contribution in [3.05, 3.63) is 34.7 Å². The van der Waals surface area contributed by atoms with Crippen molar-refractivity contribution in [2.45, 2.75) is 6.92 Å². The molecular weight excluding hydrogens is 272 g/mol. The summed E-state index contributed by atoms with van der Waals surface area (Å²) in [7, 11) is -3.78. The Morgan fingerprint density at radius 3 is 2.53 bits per heavy atom. The molecule has 0 aliphatic carbocycles. The number of rotatable bonds is 4. The normalized spacial score (nSPS) is 11.5. The van der Waals surface area contributed by atoms with Crippen molar-refractivity contribution >= 4 is 10.0 Å². The van der Waals surface area contributed by atoms with Crippen LogP contribution in [0.15, 0.2) is 29.1 Å². The second-order valence-electron chi connectivity index (χ2n) is 3.68. The lowest BCUT2D eigenvalue weighted by molar-refractivity contribution is 0.338. The number of aromatic nitrogens is 4. The van der Waals surface area contributed by atoms with Gasteiger partial charge in [0.15, 0.2) is 0 Å². The van der Waals surface area contributed by atoms with Gasteiger partial charge in [-0.1, -0.05) is 16.2 Å². The number of hydrogen-bond acceptors (Lipinski definition) is 6. The molecule has 2 rings (SSSR count). The Morgan fingerprint density at radius 1 is 1.26 bits per heavy atom. The summed E-state index contributed by atoms with van der Waals surface area (Å²) in [5, 5.41) is 6.89. The van der Waals surface area contributed by atoms with E-state index < -0.39 is 15.7 Å². The van der Waals surface area contributed by atoms with Crippen molar-refractivity contribution in [2.24, 2.45) is 0 Å². The summed E-state index contributed by atoms with van der Waals surface area (Å²) in [5.41, 5.74) is -0.529. The molecule has 0 saturated carbocycles. The first-order chi connectivity index (χ1) is 8.95. The van der Waals surface area contributed by atoms with Crippen LogP contribution in [0.4, 0.5) is 0 Å². The second kappa shape index (κ2) is 4.84. The van der Waals surface area contributed by atoms with E-state index in [1.54, 1.807) is 31.2 Å². The zero-order valence-corrected chi connectivity index (χ0v) is 11.2. The van der Waals surface area contributed by atoms with E-state index in [1.807, 2.05) is 0 Å². The molecule has 0 bridgehead atoms. The first-order valence-corrected chi connectivity index (χ1v) is 7.27. The molecule has 1 aromatic carbocycles. The van der Waals surface area contributed by atoms with Crippen LogP contribution < -0.4 is 10.4 Å². The minimum atomic E-state index is -3.78. The summed E-state index contributed by atoms with van der Waals surface area (Å²) >= 11 is 0. The zero-order chi connectivity index (χ0) is 14.0. The summed E-state index contributed by atoms with van der Waals surface area (Å²) in [6.45, 7) is 2.21. The highest BCUT2D eigenvalue weighted by atomic mass is 32.2. The first kappa shape index (κ1) is 13.3. The molecular formula is C10H12N4O4S. The van der Waals surface area contributed by atoms with Gasteiger partial charge in [-0.05, 0) is 29.5 Å². The summed E-state index contributed by atoms with van der Waals surface area (Å²) < 4.78 is 29.2. The zero-order valence-electron chi connectivity index (χ0n) is 10.3. The summed E-state index contributed by atoms with van der Waals surface area (Å²) in [5.74, 6) is 0.424. The van der Waals surface area contributed by atoms with Crippen LogP contribution in [-0.2, 0) is 10.0 Å². The monoisotopic (exact) mass is 284 g/mol. The van der Waals surface area contributed by atoms with Crippen molar-refractivity contribution in [3.8, 4) is 11.4 Å². The molecule has 1 aromatic heterocycles. The third kappa shape index (κ3) is 2.50. The van der Waals surface area contributed by atoms with E-state index >= 15 is 0 Å². The summed E-state index contributed by atoms with van der Waals surface area (Å²) in [6.07, 6.45) is 0.877. The number of tetrazole rings is 1. The van der Waals surface area contributed by atoms with E-state index in [0.29, 0.717) is 22.1 Å². The molecule has 0 N–H and O–H groups in total. The van der Waals surface area contributed by atoms with Crippen molar-refractivity contribution in [1.82, 2.24) is 19.2 Å². The van der Waals surface area contributed by atoms with Crippen LogP contribution in [-0.4, -0.2) is 40.5 Å². The third-order valence-electron chi connectivity index (χ3n) is 2.26. The predicted octanol–water partition coefficient (Wildman–Crippen LogP) is -0.365. The molecule has 0 aliphatic heterocycles. The summed E-state index contributed by atoms with van der Waals surface area (Å²) in [6, 6.07) is 6.67. The maximum atomic E-state index is 11.9. The molecule has 0 atom stereocenters. The van der Waals surface area contributed by atoms with Gasteiger partial charge in [0.1, 0.15) is 11.4 Å². The molecule has 0 unspecified atom stereocenters. The molecule has 9 heteroatoms. The predicted molar refractivity (Wildman–Crippen MR) is 67.0 cm³/mol.